The number of fused-ring (bicyclic) bond motifs is 8. The smallest absolute Gasteiger partial charge is 0.0352 e. The first-order chi connectivity index (χ1) is 20.8. The van der Waals surface area contributed by atoms with Crippen LogP contribution in [0.4, 0.5) is 0 Å². The lowest BCUT2D eigenvalue weighted by Gasteiger charge is -2.18. The molecule has 0 radical (unpaired) electrons. The van der Waals surface area contributed by atoms with Crippen molar-refractivity contribution in [2.75, 3.05) is 0 Å². The van der Waals surface area contributed by atoms with Crippen LogP contribution in [0.2, 0.25) is 0 Å². The Bertz CT molecular complexity index is 2140. The third-order valence-corrected chi connectivity index (χ3v) is 9.41. The summed E-state index contributed by atoms with van der Waals surface area (Å²) in [4.78, 5) is 0. The molecule has 0 heterocycles. The fraction of sp³-hybridized carbons (Fsp3) is 0.0476. The summed E-state index contributed by atoms with van der Waals surface area (Å²) in [5.41, 5.74) is 16.4. The Kier molecular flexibility index (Phi) is 5.12. The van der Waals surface area contributed by atoms with E-state index in [1.807, 2.05) is 0 Å². The topological polar surface area (TPSA) is 0 Å². The van der Waals surface area contributed by atoms with Crippen molar-refractivity contribution in [1.82, 2.24) is 0 Å². The van der Waals surface area contributed by atoms with Gasteiger partial charge in [-0.25, -0.2) is 0 Å². The van der Waals surface area contributed by atoms with E-state index >= 15 is 0 Å². The minimum Gasteiger partial charge on any atom is -0.0622 e. The average molecular weight is 533 g/mol. The molecule has 0 saturated carbocycles. The predicted octanol–water partition coefficient (Wildman–Crippen LogP) is 10.8. The van der Waals surface area contributed by atoms with Crippen LogP contribution in [0.1, 0.15) is 45.2 Å². The normalized spacial score (nSPS) is 16.1. The molecule has 7 aromatic carbocycles. The van der Waals surface area contributed by atoms with Gasteiger partial charge in [-0.05, 0) is 83.6 Å². The molecule has 0 bridgehead atoms. The third kappa shape index (κ3) is 3.42. The Morgan fingerprint density at radius 2 is 0.929 bits per heavy atom. The molecule has 2 unspecified atom stereocenters. The van der Waals surface area contributed by atoms with E-state index in [4.69, 9.17) is 0 Å². The first-order valence-electron chi connectivity index (χ1n) is 14.8. The molecule has 2 atom stereocenters. The maximum atomic E-state index is 2.45. The lowest BCUT2D eigenvalue weighted by atomic mass is 9.85. The molecule has 2 aliphatic rings. The Labute approximate surface area is 246 Å². The van der Waals surface area contributed by atoms with Crippen LogP contribution in [0.15, 0.2) is 158 Å². The van der Waals surface area contributed by atoms with Crippen LogP contribution in [0, 0.1) is 0 Å². The molecule has 0 fully saturated rings. The van der Waals surface area contributed by atoms with Gasteiger partial charge in [-0.3, -0.25) is 0 Å². The maximum Gasteiger partial charge on any atom is 0.0352 e. The molecule has 0 heteroatoms. The van der Waals surface area contributed by atoms with Gasteiger partial charge in [-0.15, -0.1) is 0 Å². The molecule has 42 heavy (non-hydrogen) atoms. The fourth-order valence-corrected chi connectivity index (χ4v) is 7.60. The van der Waals surface area contributed by atoms with Crippen molar-refractivity contribution in [2.24, 2.45) is 0 Å². The molecule has 0 saturated heterocycles. The van der Waals surface area contributed by atoms with Gasteiger partial charge in [0.05, 0.1) is 0 Å². The van der Waals surface area contributed by atoms with Gasteiger partial charge in [-0.1, -0.05) is 152 Å². The molecule has 7 aromatic rings. The molecule has 0 spiro atoms. The summed E-state index contributed by atoms with van der Waals surface area (Å²) < 4.78 is 0. The first-order valence-corrected chi connectivity index (χ1v) is 14.8. The Balaban J connectivity index is 1.33. The van der Waals surface area contributed by atoms with Crippen LogP contribution in [0.25, 0.3) is 44.2 Å². The summed E-state index contributed by atoms with van der Waals surface area (Å²) in [6.07, 6.45) is 0. The summed E-state index contributed by atoms with van der Waals surface area (Å²) in [5.74, 6) is 0.422. The quantitative estimate of drug-likeness (QED) is 0.212. The van der Waals surface area contributed by atoms with Gasteiger partial charge >= 0.3 is 0 Å². The van der Waals surface area contributed by atoms with Gasteiger partial charge in [-0.2, -0.15) is 0 Å². The van der Waals surface area contributed by atoms with E-state index in [2.05, 4.69) is 158 Å². The van der Waals surface area contributed by atoms with Crippen LogP contribution in [-0.4, -0.2) is 0 Å². The van der Waals surface area contributed by atoms with Crippen molar-refractivity contribution in [3.05, 3.63) is 191 Å². The lowest BCUT2D eigenvalue weighted by Crippen LogP contribution is -2.01. The minimum absolute atomic E-state index is 0.177. The van der Waals surface area contributed by atoms with E-state index in [0.29, 0.717) is 0 Å². The number of hydrogen-bond donors (Lipinski definition) is 0. The molecule has 0 amide bonds. The van der Waals surface area contributed by atoms with Crippen molar-refractivity contribution < 1.29 is 0 Å². The van der Waals surface area contributed by atoms with E-state index in [0.717, 1.165) is 0 Å². The molecular formula is C42H28. The van der Waals surface area contributed by atoms with Crippen LogP contribution < -0.4 is 0 Å². The van der Waals surface area contributed by atoms with Crippen molar-refractivity contribution in [2.45, 2.75) is 11.8 Å². The van der Waals surface area contributed by atoms with Crippen molar-refractivity contribution in [1.29, 1.82) is 0 Å². The molecule has 2 aliphatic carbocycles. The maximum absolute atomic E-state index is 2.45. The molecule has 196 valence electrons. The van der Waals surface area contributed by atoms with E-state index in [1.165, 1.54) is 77.5 Å². The number of benzene rings is 7. The van der Waals surface area contributed by atoms with Crippen molar-refractivity contribution in [3.8, 4) is 33.4 Å². The van der Waals surface area contributed by atoms with Crippen molar-refractivity contribution >= 4 is 10.8 Å². The van der Waals surface area contributed by atoms with Gasteiger partial charge in [0, 0.05) is 11.8 Å². The van der Waals surface area contributed by atoms with Gasteiger partial charge in [0.25, 0.3) is 0 Å². The van der Waals surface area contributed by atoms with Crippen LogP contribution in [0.3, 0.4) is 0 Å². The van der Waals surface area contributed by atoms with E-state index in [-0.39, 0.29) is 11.8 Å². The Hall–Kier alpha value is -5.20. The van der Waals surface area contributed by atoms with Crippen molar-refractivity contribution in [3.63, 3.8) is 0 Å². The highest BCUT2D eigenvalue weighted by atomic mass is 14.4. The third-order valence-electron chi connectivity index (χ3n) is 9.41. The van der Waals surface area contributed by atoms with Gasteiger partial charge in [0.15, 0.2) is 0 Å². The van der Waals surface area contributed by atoms with Crippen LogP contribution in [-0.2, 0) is 0 Å². The van der Waals surface area contributed by atoms with E-state index < -0.39 is 0 Å². The van der Waals surface area contributed by atoms with Gasteiger partial charge in [0.1, 0.15) is 0 Å². The number of hydrogen-bond acceptors (Lipinski definition) is 0. The summed E-state index contributed by atoms with van der Waals surface area (Å²) in [6.45, 7) is 0. The summed E-state index contributed by atoms with van der Waals surface area (Å²) in [5, 5.41) is 2.58. The number of rotatable bonds is 3. The molecule has 0 nitrogen and oxygen atoms in total. The van der Waals surface area contributed by atoms with Gasteiger partial charge in [0.2, 0.25) is 0 Å². The van der Waals surface area contributed by atoms with Crippen LogP contribution in [0.5, 0.6) is 0 Å². The molecule has 0 N–H and O–H groups in total. The average Bonchev–Trinajstić information content (AvgIpc) is 3.57. The van der Waals surface area contributed by atoms with E-state index in [1.54, 1.807) is 0 Å². The second kappa shape index (κ2) is 9.16. The zero-order chi connectivity index (χ0) is 27.6. The summed E-state index contributed by atoms with van der Waals surface area (Å²) in [6, 6.07) is 58.6. The SMILES string of the molecule is c1ccc(-c2ccc3c(c2)C(c2ccc4ccccc4c2)c2ccc4c(c2-3)-c2ccccc2C4c2ccccc2)cc1. The van der Waals surface area contributed by atoms with Crippen LogP contribution >= 0.6 is 0 Å². The minimum atomic E-state index is 0.177. The summed E-state index contributed by atoms with van der Waals surface area (Å²) >= 11 is 0. The summed E-state index contributed by atoms with van der Waals surface area (Å²) in [7, 11) is 0. The Morgan fingerprint density at radius 1 is 0.310 bits per heavy atom. The van der Waals surface area contributed by atoms with Gasteiger partial charge < -0.3 is 0 Å². The fourth-order valence-electron chi connectivity index (χ4n) is 7.60. The molecular weight excluding hydrogens is 504 g/mol. The molecule has 0 aliphatic heterocycles. The highest BCUT2D eigenvalue weighted by molar-refractivity contribution is 5.99. The molecule has 0 aromatic heterocycles. The molecule has 9 rings (SSSR count). The Morgan fingerprint density at radius 3 is 1.71 bits per heavy atom. The zero-order valence-corrected chi connectivity index (χ0v) is 23.2. The standard InChI is InChI=1S/C42H28/c1-3-11-27(12-4-1)31-21-22-35-38(26-31)40(32-20-19-28-13-7-8-16-30(28)25-32)37-24-23-36-39(29-14-5-2-6-15-29)33-17-9-10-18-34(33)41(36)42(35)37/h1-26,39-40H. The van der Waals surface area contributed by atoms with E-state index in [9.17, 15) is 0 Å². The highest BCUT2D eigenvalue weighted by Crippen LogP contribution is 2.58. The lowest BCUT2D eigenvalue weighted by molar-refractivity contribution is 1.000. The first kappa shape index (κ1) is 23.5. The second-order valence-corrected chi connectivity index (χ2v) is 11.6. The predicted molar refractivity (Wildman–Crippen MR) is 175 cm³/mol. The monoisotopic (exact) mass is 532 g/mol. The highest BCUT2D eigenvalue weighted by Gasteiger charge is 2.38. The largest absolute Gasteiger partial charge is 0.0622 e. The second-order valence-electron chi connectivity index (χ2n) is 11.6. The zero-order valence-electron chi connectivity index (χ0n) is 23.2.